The van der Waals surface area contributed by atoms with Gasteiger partial charge < -0.3 is 10.2 Å². The van der Waals surface area contributed by atoms with Gasteiger partial charge in [-0.1, -0.05) is 41.4 Å². The van der Waals surface area contributed by atoms with Gasteiger partial charge in [-0.3, -0.25) is 9.59 Å². The fourth-order valence-corrected chi connectivity index (χ4v) is 2.36. The second kappa shape index (κ2) is 7.99. The summed E-state index contributed by atoms with van der Waals surface area (Å²) in [6, 6.07) is 11.9. The van der Waals surface area contributed by atoms with Crippen molar-refractivity contribution >= 4 is 46.8 Å². The molecule has 0 radical (unpaired) electrons. The van der Waals surface area contributed by atoms with E-state index in [1.807, 2.05) is 0 Å². The van der Waals surface area contributed by atoms with Crippen LogP contribution in [-0.4, -0.2) is 30.8 Å². The highest BCUT2D eigenvalue weighted by molar-refractivity contribution is 6.42. The van der Waals surface area contributed by atoms with Crippen LogP contribution in [0.4, 0.5) is 5.69 Å². The number of amides is 2. The van der Waals surface area contributed by atoms with E-state index >= 15 is 0 Å². The van der Waals surface area contributed by atoms with E-state index in [4.69, 9.17) is 23.2 Å². The number of carbonyl (C=O) groups excluding carboxylic acids is 2. The third-order valence-corrected chi connectivity index (χ3v) is 4.01. The second-order valence-corrected chi connectivity index (χ2v) is 6.03. The van der Waals surface area contributed by atoms with Crippen molar-refractivity contribution < 1.29 is 9.59 Å². The first kappa shape index (κ1) is 18.0. The Morgan fingerprint density at radius 2 is 1.79 bits per heavy atom. The molecule has 0 aliphatic carbocycles. The Labute approximate surface area is 150 Å². The summed E-state index contributed by atoms with van der Waals surface area (Å²) in [5, 5.41) is 3.52. The van der Waals surface area contributed by atoms with Gasteiger partial charge in [-0.05, 0) is 35.9 Å². The molecule has 124 valence electrons. The Kier molecular flexibility index (Phi) is 6.01. The zero-order chi connectivity index (χ0) is 17.7. The maximum atomic E-state index is 12.0. The molecule has 0 saturated carbocycles. The van der Waals surface area contributed by atoms with Crippen molar-refractivity contribution in [1.82, 2.24) is 4.90 Å². The summed E-state index contributed by atoms with van der Waals surface area (Å²) in [6.07, 6.45) is 2.94. The lowest BCUT2D eigenvalue weighted by molar-refractivity contribution is -0.111. The number of benzene rings is 2. The number of nitrogens with one attached hydrogen (secondary N) is 1. The molecule has 2 aromatic carbocycles. The first-order valence-electron chi connectivity index (χ1n) is 7.13. The van der Waals surface area contributed by atoms with Crippen LogP contribution >= 0.6 is 23.2 Å². The van der Waals surface area contributed by atoms with E-state index < -0.39 is 0 Å². The quantitative estimate of drug-likeness (QED) is 0.822. The number of hydrogen-bond donors (Lipinski definition) is 1. The number of halogens is 2. The van der Waals surface area contributed by atoms with Crippen LogP contribution in [0, 0.1) is 0 Å². The fraction of sp³-hybridized carbons (Fsp3) is 0.111. The average molecular weight is 363 g/mol. The van der Waals surface area contributed by atoms with Gasteiger partial charge in [0, 0.05) is 31.4 Å². The van der Waals surface area contributed by atoms with Crippen molar-refractivity contribution in [2.75, 3.05) is 19.4 Å². The molecule has 0 atom stereocenters. The summed E-state index contributed by atoms with van der Waals surface area (Å²) in [4.78, 5) is 25.4. The lowest BCUT2D eigenvalue weighted by atomic mass is 10.1. The van der Waals surface area contributed by atoms with Gasteiger partial charge in [-0.25, -0.2) is 0 Å². The first-order valence-corrected chi connectivity index (χ1v) is 7.89. The molecule has 0 spiro atoms. The fourth-order valence-electron chi connectivity index (χ4n) is 1.99. The third kappa shape index (κ3) is 4.60. The molecule has 0 fully saturated rings. The van der Waals surface area contributed by atoms with Crippen LogP contribution in [0.2, 0.25) is 10.0 Å². The van der Waals surface area contributed by atoms with E-state index in [0.29, 0.717) is 26.9 Å². The van der Waals surface area contributed by atoms with Crippen LogP contribution in [0.1, 0.15) is 15.9 Å². The molecule has 2 aromatic rings. The molecule has 2 amide bonds. The molecule has 0 bridgehead atoms. The van der Waals surface area contributed by atoms with Gasteiger partial charge in [0.1, 0.15) is 0 Å². The number of anilines is 1. The van der Waals surface area contributed by atoms with Gasteiger partial charge in [0.05, 0.1) is 10.0 Å². The third-order valence-electron chi connectivity index (χ3n) is 3.18. The van der Waals surface area contributed by atoms with E-state index in [1.165, 1.54) is 11.0 Å². The molecule has 2 rings (SSSR count). The Balaban J connectivity index is 2.10. The Morgan fingerprint density at radius 3 is 2.50 bits per heavy atom. The van der Waals surface area contributed by atoms with Gasteiger partial charge in [-0.15, -0.1) is 0 Å². The summed E-state index contributed by atoms with van der Waals surface area (Å²) in [6.45, 7) is 0. The molecule has 0 aromatic heterocycles. The zero-order valence-electron chi connectivity index (χ0n) is 13.2. The average Bonchev–Trinajstić information content (AvgIpc) is 2.55. The van der Waals surface area contributed by atoms with Crippen LogP contribution in [0.5, 0.6) is 0 Å². The highest BCUT2D eigenvalue weighted by Crippen LogP contribution is 2.26. The van der Waals surface area contributed by atoms with Gasteiger partial charge in [0.15, 0.2) is 0 Å². The number of rotatable bonds is 4. The number of hydrogen-bond acceptors (Lipinski definition) is 2. The molecule has 6 heteroatoms. The molecule has 0 unspecified atom stereocenters. The maximum Gasteiger partial charge on any atom is 0.253 e. The predicted octanol–water partition coefficient (Wildman–Crippen LogP) is 4.35. The summed E-state index contributed by atoms with van der Waals surface area (Å²) in [7, 11) is 3.34. The van der Waals surface area contributed by atoms with Crippen molar-refractivity contribution in [3.05, 3.63) is 69.7 Å². The van der Waals surface area contributed by atoms with Crippen LogP contribution in [0.3, 0.4) is 0 Å². The number of carbonyl (C=O) groups is 2. The van der Waals surface area contributed by atoms with Crippen LogP contribution in [0.15, 0.2) is 48.5 Å². The number of nitrogens with zero attached hydrogens (tertiary/aromatic N) is 1. The van der Waals surface area contributed by atoms with Crippen molar-refractivity contribution in [3.8, 4) is 0 Å². The van der Waals surface area contributed by atoms with E-state index in [9.17, 15) is 9.59 Å². The molecule has 1 N–H and O–H groups in total. The smallest absolute Gasteiger partial charge is 0.253 e. The predicted molar refractivity (Wildman–Crippen MR) is 98.6 cm³/mol. The highest BCUT2D eigenvalue weighted by atomic mass is 35.5. The van der Waals surface area contributed by atoms with Gasteiger partial charge in [0.2, 0.25) is 5.91 Å². The Hall–Kier alpha value is -2.30. The van der Waals surface area contributed by atoms with E-state index in [2.05, 4.69) is 5.32 Å². The van der Waals surface area contributed by atoms with Gasteiger partial charge in [-0.2, -0.15) is 0 Å². The second-order valence-electron chi connectivity index (χ2n) is 5.25. The molecule has 0 saturated heterocycles. The van der Waals surface area contributed by atoms with E-state index in [0.717, 1.165) is 0 Å². The van der Waals surface area contributed by atoms with E-state index in [1.54, 1.807) is 62.6 Å². The molecular weight excluding hydrogens is 347 g/mol. The minimum Gasteiger partial charge on any atom is -0.345 e. The molecule has 0 aliphatic heterocycles. The van der Waals surface area contributed by atoms with Crippen molar-refractivity contribution in [2.45, 2.75) is 0 Å². The van der Waals surface area contributed by atoms with Crippen molar-refractivity contribution in [3.63, 3.8) is 0 Å². The SMILES string of the molecule is CN(C)C(=O)c1cccc(NC(=O)/C=C/c2cccc(Cl)c2Cl)c1. The summed E-state index contributed by atoms with van der Waals surface area (Å²) in [5.41, 5.74) is 1.69. The first-order chi connectivity index (χ1) is 11.4. The largest absolute Gasteiger partial charge is 0.345 e. The molecule has 0 aliphatic rings. The zero-order valence-corrected chi connectivity index (χ0v) is 14.7. The summed E-state index contributed by atoms with van der Waals surface area (Å²) in [5.74, 6) is -0.465. The van der Waals surface area contributed by atoms with Crippen LogP contribution in [0.25, 0.3) is 6.08 Å². The molecular formula is C18H16Cl2N2O2. The molecule has 4 nitrogen and oxygen atoms in total. The molecule has 0 heterocycles. The van der Waals surface area contributed by atoms with E-state index in [-0.39, 0.29) is 11.8 Å². The highest BCUT2D eigenvalue weighted by Gasteiger charge is 2.09. The minimum atomic E-state index is -0.333. The van der Waals surface area contributed by atoms with Crippen LogP contribution in [-0.2, 0) is 4.79 Å². The summed E-state index contributed by atoms with van der Waals surface area (Å²) >= 11 is 12.0. The molecule has 24 heavy (non-hydrogen) atoms. The van der Waals surface area contributed by atoms with Crippen molar-refractivity contribution in [1.29, 1.82) is 0 Å². The lowest BCUT2D eigenvalue weighted by Crippen LogP contribution is -2.21. The minimum absolute atomic E-state index is 0.132. The topological polar surface area (TPSA) is 49.4 Å². The van der Waals surface area contributed by atoms with Crippen LogP contribution < -0.4 is 5.32 Å². The normalized spacial score (nSPS) is 10.7. The Bertz CT molecular complexity index is 801. The van der Waals surface area contributed by atoms with Gasteiger partial charge in [0.25, 0.3) is 5.91 Å². The lowest BCUT2D eigenvalue weighted by Gasteiger charge is -2.11. The standard InChI is InChI=1S/C18H16Cl2N2O2/c1-22(2)18(24)13-6-3-7-14(11-13)21-16(23)10-9-12-5-4-8-15(19)17(12)20/h3-11H,1-2H3,(H,21,23)/b10-9+. The van der Waals surface area contributed by atoms with Crippen molar-refractivity contribution in [2.24, 2.45) is 0 Å². The van der Waals surface area contributed by atoms with Gasteiger partial charge >= 0.3 is 0 Å². The monoisotopic (exact) mass is 362 g/mol. The summed E-state index contributed by atoms with van der Waals surface area (Å²) < 4.78 is 0. The Morgan fingerprint density at radius 1 is 1.08 bits per heavy atom. The maximum absolute atomic E-state index is 12.0.